The number of anilines is 1. The maximum absolute atomic E-state index is 14.3. The Labute approximate surface area is 249 Å². The van der Waals surface area contributed by atoms with Crippen molar-refractivity contribution in [3.8, 4) is 5.75 Å². The zero-order chi connectivity index (χ0) is 30.3. The lowest BCUT2D eigenvalue weighted by Gasteiger charge is -2.34. The SMILES string of the molecule is COc1ccc(C)cc1N(CC(=O)N(Cc1cccc(C)c1)[C@@H](Cc1ccccc1)C(=O)NC1CCCC1)S(C)(=O)=O. The Morgan fingerprint density at radius 1 is 0.929 bits per heavy atom. The van der Waals surface area contributed by atoms with Crippen molar-refractivity contribution in [3.63, 3.8) is 0 Å². The number of carbonyl (C=O) groups is 2. The van der Waals surface area contributed by atoms with Crippen LogP contribution in [0.3, 0.4) is 0 Å². The van der Waals surface area contributed by atoms with Gasteiger partial charge in [-0.2, -0.15) is 0 Å². The second-order valence-corrected chi connectivity index (χ2v) is 13.1. The van der Waals surface area contributed by atoms with E-state index < -0.39 is 28.5 Å². The molecule has 3 aromatic rings. The van der Waals surface area contributed by atoms with Gasteiger partial charge < -0.3 is 15.0 Å². The fraction of sp³-hybridized carbons (Fsp3) is 0.394. The standard InChI is InChI=1S/C33H41N3O5S/c1-24-11-10-14-27(19-24)22-35(30(21-26-12-6-5-7-13-26)33(38)34-28-15-8-9-16-28)32(37)23-36(42(4,39)40)29-20-25(2)17-18-31(29)41-3/h5-7,10-14,17-20,28,30H,8-9,15-16,21-23H2,1-4H3,(H,34,38)/t30-/m0/s1. The number of nitrogens with one attached hydrogen (secondary N) is 1. The summed E-state index contributed by atoms with van der Waals surface area (Å²) in [5.41, 5.74) is 3.89. The second kappa shape index (κ2) is 13.9. The van der Waals surface area contributed by atoms with Gasteiger partial charge in [0.1, 0.15) is 18.3 Å². The van der Waals surface area contributed by atoms with Crippen LogP contribution in [0.5, 0.6) is 5.75 Å². The van der Waals surface area contributed by atoms with Crippen LogP contribution in [0.2, 0.25) is 0 Å². The molecule has 0 heterocycles. The molecule has 0 saturated heterocycles. The smallest absolute Gasteiger partial charge is 0.244 e. The number of ether oxygens (including phenoxy) is 1. The third kappa shape index (κ3) is 8.12. The zero-order valence-electron chi connectivity index (χ0n) is 24.9. The Kier molecular flexibility index (Phi) is 10.3. The molecule has 4 rings (SSSR count). The van der Waals surface area contributed by atoms with Crippen LogP contribution in [0, 0.1) is 13.8 Å². The fourth-order valence-electron chi connectivity index (χ4n) is 5.52. The highest BCUT2D eigenvalue weighted by Crippen LogP contribution is 2.31. The van der Waals surface area contributed by atoms with Gasteiger partial charge in [0.05, 0.1) is 19.1 Å². The maximum Gasteiger partial charge on any atom is 0.244 e. The van der Waals surface area contributed by atoms with Crippen molar-refractivity contribution in [2.24, 2.45) is 0 Å². The highest BCUT2D eigenvalue weighted by atomic mass is 32.2. The molecule has 0 unspecified atom stereocenters. The molecule has 3 aromatic carbocycles. The number of sulfonamides is 1. The monoisotopic (exact) mass is 591 g/mol. The van der Waals surface area contributed by atoms with E-state index in [1.807, 2.05) is 74.5 Å². The summed E-state index contributed by atoms with van der Waals surface area (Å²) in [6.45, 7) is 3.49. The van der Waals surface area contributed by atoms with Crippen molar-refractivity contribution >= 4 is 27.5 Å². The Morgan fingerprint density at radius 2 is 1.60 bits per heavy atom. The van der Waals surface area contributed by atoms with Gasteiger partial charge in [-0.15, -0.1) is 0 Å². The first-order chi connectivity index (χ1) is 20.0. The molecule has 0 radical (unpaired) electrons. The van der Waals surface area contributed by atoms with E-state index in [2.05, 4.69) is 5.32 Å². The molecular weight excluding hydrogens is 550 g/mol. The van der Waals surface area contributed by atoms with Crippen molar-refractivity contribution in [1.29, 1.82) is 0 Å². The number of nitrogens with zero attached hydrogens (tertiary/aromatic N) is 2. The number of amides is 2. The third-order valence-corrected chi connectivity index (χ3v) is 8.82. The van der Waals surface area contributed by atoms with Gasteiger partial charge in [-0.25, -0.2) is 8.42 Å². The van der Waals surface area contributed by atoms with Crippen molar-refractivity contribution in [2.45, 2.75) is 64.6 Å². The Hall–Kier alpha value is -3.85. The van der Waals surface area contributed by atoms with E-state index >= 15 is 0 Å². The normalized spacial score (nSPS) is 14.3. The van der Waals surface area contributed by atoms with E-state index in [4.69, 9.17) is 4.74 Å². The van der Waals surface area contributed by atoms with Crippen molar-refractivity contribution in [1.82, 2.24) is 10.2 Å². The van der Waals surface area contributed by atoms with Crippen molar-refractivity contribution in [2.75, 3.05) is 24.2 Å². The largest absolute Gasteiger partial charge is 0.495 e. The van der Waals surface area contributed by atoms with E-state index in [0.29, 0.717) is 12.2 Å². The number of rotatable bonds is 12. The van der Waals surface area contributed by atoms with Crippen LogP contribution < -0.4 is 14.4 Å². The zero-order valence-corrected chi connectivity index (χ0v) is 25.7. The minimum atomic E-state index is -3.89. The van der Waals surface area contributed by atoms with E-state index in [9.17, 15) is 18.0 Å². The number of benzene rings is 3. The van der Waals surface area contributed by atoms with Crippen LogP contribution in [0.25, 0.3) is 0 Å². The molecule has 2 amide bonds. The van der Waals surface area contributed by atoms with Crippen molar-refractivity contribution in [3.05, 3.63) is 95.1 Å². The molecule has 1 N–H and O–H groups in total. The molecule has 1 aliphatic rings. The average Bonchev–Trinajstić information content (AvgIpc) is 3.46. The van der Waals surface area contributed by atoms with Gasteiger partial charge in [0, 0.05) is 19.0 Å². The van der Waals surface area contributed by atoms with Crippen LogP contribution in [0.1, 0.15) is 47.9 Å². The van der Waals surface area contributed by atoms with E-state index in [0.717, 1.165) is 58.5 Å². The number of methoxy groups -OCH3 is 1. The number of hydrogen-bond acceptors (Lipinski definition) is 5. The van der Waals surface area contributed by atoms with Gasteiger partial charge in [-0.05, 0) is 55.5 Å². The lowest BCUT2D eigenvalue weighted by molar-refractivity contribution is -0.140. The molecule has 0 aliphatic heterocycles. The number of aryl methyl sites for hydroxylation is 2. The molecule has 1 atom stereocenters. The van der Waals surface area contributed by atoms with Gasteiger partial charge in [-0.3, -0.25) is 13.9 Å². The minimum Gasteiger partial charge on any atom is -0.495 e. The predicted molar refractivity (Wildman–Crippen MR) is 166 cm³/mol. The summed E-state index contributed by atoms with van der Waals surface area (Å²) in [6.07, 6.45) is 5.30. The Morgan fingerprint density at radius 3 is 2.24 bits per heavy atom. The molecule has 224 valence electrons. The highest BCUT2D eigenvalue weighted by Gasteiger charge is 2.34. The summed E-state index contributed by atoms with van der Waals surface area (Å²) >= 11 is 0. The Balaban J connectivity index is 1.76. The van der Waals surface area contributed by atoms with Gasteiger partial charge in [0.15, 0.2) is 0 Å². The molecule has 8 nitrogen and oxygen atoms in total. The minimum absolute atomic E-state index is 0.0655. The quantitative estimate of drug-likeness (QED) is 0.327. The number of hydrogen-bond donors (Lipinski definition) is 1. The Bertz CT molecular complexity index is 1490. The first-order valence-electron chi connectivity index (χ1n) is 14.4. The second-order valence-electron chi connectivity index (χ2n) is 11.2. The summed E-state index contributed by atoms with van der Waals surface area (Å²) in [4.78, 5) is 29.8. The molecule has 1 fully saturated rings. The summed E-state index contributed by atoms with van der Waals surface area (Å²) < 4.78 is 32.8. The van der Waals surface area contributed by atoms with Gasteiger partial charge in [0.2, 0.25) is 21.8 Å². The molecule has 9 heteroatoms. The summed E-state index contributed by atoms with van der Waals surface area (Å²) in [7, 11) is -2.43. The lowest BCUT2D eigenvalue weighted by Crippen LogP contribution is -2.54. The van der Waals surface area contributed by atoms with Crippen molar-refractivity contribution < 1.29 is 22.7 Å². The van der Waals surface area contributed by atoms with Crippen LogP contribution >= 0.6 is 0 Å². The summed E-state index contributed by atoms with van der Waals surface area (Å²) in [6, 6.07) is 21.8. The molecule has 42 heavy (non-hydrogen) atoms. The molecule has 1 aliphatic carbocycles. The van der Waals surface area contributed by atoms with Crippen LogP contribution in [0.4, 0.5) is 5.69 Å². The average molecular weight is 592 g/mol. The van der Waals surface area contributed by atoms with Crippen LogP contribution in [-0.2, 0) is 32.6 Å². The summed E-state index contributed by atoms with van der Waals surface area (Å²) in [5, 5.41) is 3.19. The lowest BCUT2D eigenvalue weighted by atomic mass is 10.0. The molecule has 0 aromatic heterocycles. The van der Waals surface area contributed by atoms with E-state index in [1.54, 1.807) is 12.1 Å². The van der Waals surface area contributed by atoms with Gasteiger partial charge in [-0.1, -0.05) is 79.1 Å². The van der Waals surface area contributed by atoms with E-state index in [1.165, 1.54) is 12.0 Å². The predicted octanol–water partition coefficient (Wildman–Crippen LogP) is 4.78. The molecule has 1 saturated carbocycles. The van der Waals surface area contributed by atoms with Gasteiger partial charge in [0.25, 0.3) is 0 Å². The van der Waals surface area contributed by atoms with Crippen LogP contribution in [0.15, 0.2) is 72.8 Å². The number of carbonyl (C=O) groups excluding carboxylic acids is 2. The highest BCUT2D eigenvalue weighted by molar-refractivity contribution is 7.92. The fourth-order valence-corrected chi connectivity index (χ4v) is 6.36. The first-order valence-corrected chi connectivity index (χ1v) is 16.2. The third-order valence-electron chi connectivity index (χ3n) is 7.69. The topological polar surface area (TPSA) is 96.0 Å². The summed E-state index contributed by atoms with van der Waals surface area (Å²) in [5.74, 6) is -0.373. The molecule has 0 bridgehead atoms. The van der Waals surface area contributed by atoms with E-state index in [-0.39, 0.29) is 24.2 Å². The molecular formula is C33H41N3O5S. The van der Waals surface area contributed by atoms with Crippen LogP contribution in [-0.4, -0.2) is 57.1 Å². The van der Waals surface area contributed by atoms with Gasteiger partial charge >= 0.3 is 0 Å². The first kappa shape index (κ1) is 31.1. The maximum atomic E-state index is 14.3. The molecule has 0 spiro atoms.